The first kappa shape index (κ1) is 13.1. The Hall–Kier alpha value is -1.97. The Labute approximate surface area is 100 Å². The number of carboxylic acid groups (broad SMARTS) is 1. The van der Waals surface area contributed by atoms with Crippen LogP contribution in [-0.4, -0.2) is 25.3 Å². The molecule has 1 N–H and O–H groups in total. The van der Waals surface area contributed by atoms with Crippen LogP contribution in [-0.2, 0) is 11.2 Å². The molecule has 1 aromatic carbocycles. The molecule has 1 rings (SSSR count). The van der Waals surface area contributed by atoms with Gasteiger partial charge in [0.1, 0.15) is 11.5 Å². The maximum absolute atomic E-state index is 10.5. The van der Waals surface area contributed by atoms with E-state index in [9.17, 15) is 4.79 Å². The van der Waals surface area contributed by atoms with E-state index in [1.54, 1.807) is 26.4 Å². The average molecular weight is 236 g/mol. The molecule has 4 nitrogen and oxygen atoms in total. The van der Waals surface area contributed by atoms with Crippen LogP contribution in [0, 0.1) is 0 Å². The van der Waals surface area contributed by atoms with E-state index in [4.69, 9.17) is 14.6 Å². The van der Waals surface area contributed by atoms with Crippen molar-refractivity contribution in [1.82, 2.24) is 0 Å². The monoisotopic (exact) mass is 236 g/mol. The summed E-state index contributed by atoms with van der Waals surface area (Å²) in [7, 11) is 3.16. The summed E-state index contributed by atoms with van der Waals surface area (Å²) in [4.78, 5) is 10.5. The van der Waals surface area contributed by atoms with Crippen LogP contribution < -0.4 is 9.47 Å². The Balaban J connectivity index is 3.22. The van der Waals surface area contributed by atoms with Gasteiger partial charge in [-0.15, -0.1) is 0 Å². The van der Waals surface area contributed by atoms with Gasteiger partial charge in [-0.3, -0.25) is 0 Å². The van der Waals surface area contributed by atoms with Gasteiger partial charge >= 0.3 is 5.97 Å². The number of aliphatic carboxylic acids is 1. The van der Waals surface area contributed by atoms with Gasteiger partial charge in [0.15, 0.2) is 0 Å². The maximum Gasteiger partial charge on any atom is 0.328 e. The van der Waals surface area contributed by atoms with Crippen LogP contribution in [0.3, 0.4) is 0 Å². The third kappa shape index (κ3) is 3.24. The number of rotatable bonds is 5. The molecule has 0 fully saturated rings. The van der Waals surface area contributed by atoms with Crippen molar-refractivity contribution in [1.29, 1.82) is 0 Å². The number of carbonyl (C=O) groups is 1. The van der Waals surface area contributed by atoms with Crippen LogP contribution in [0.15, 0.2) is 18.2 Å². The predicted molar refractivity (Wildman–Crippen MR) is 65.6 cm³/mol. The lowest BCUT2D eigenvalue weighted by Crippen LogP contribution is -1.96. The highest BCUT2D eigenvalue weighted by Gasteiger charge is 2.09. The van der Waals surface area contributed by atoms with Gasteiger partial charge in [-0.05, 0) is 30.2 Å². The van der Waals surface area contributed by atoms with E-state index < -0.39 is 5.97 Å². The third-order valence-corrected chi connectivity index (χ3v) is 2.40. The summed E-state index contributed by atoms with van der Waals surface area (Å²) in [5.74, 6) is 0.427. The van der Waals surface area contributed by atoms with Crippen molar-refractivity contribution in [2.24, 2.45) is 0 Å². The SMILES string of the molecule is CCc1c(OC)cc(C=CC(=O)O)cc1OC. The number of carboxylic acids is 1. The number of benzene rings is 1. The molecular formula is C13H16O4. The van der Waals surface area contributed by atoms with Crippen LogP contribution in [0.1, 0.15) is 18.1 Å². The Morgan fingerprint density at radius 3 is 2.18 bits per heavy atom. The lowest BCUT2D eigenvalue weighted by Gasteiger charge is -2.12. The van der Waals surface area contributed by atoms with Gasteiger partial charge in [0.2, 0.25) is 0 Å². The van der Waals surface area contributed by atoms with E-state index in [1.165, 1.54) is 6.08 Å². The molecule has 0 saturated heterocycles. The third-order valence-electron chi connectivity index (χ3n) is 2.40. The highest BCUT2D eigenvalue weighted by molar-refractivity contribution is 5.85. The van der Waals surface area contributed by atoms with Crippen LogP contribution in [0.4, 0.5) is 0 Å². The molecule has 0 aromatic heterocycles. The molecule has 0 radical (unpaired) electrons. The fourth-order valence-electron chi connectivity index (χ4n) is 1.62. The fourth-order valence-corrected chi connectivity index (χ4v) is 1.62. The minimum atomic E-state index is -0.984. The van der Waals surface area contributed by atoms with Crippen molar-refractivity contribution in [3.63, 3.8) is 0 Å². The van der Waals surface area contributed by atoms with E-state index in [2.05, 4.69) is 0 Å². The lowest BCUT2D eigenvalue weighted by atomic mass is 10.1. The highest BCUT2D eigenvalue weighted by atomic mass is 16.5. The second-order valence-electron chi connectivity index (χ2n) is 3.43. The Morgan fingerprint density at radius 2 is 1.82 bits per heavy atom. The number of methoxy groups -OCH3 is 2. The molecule has 0 unspecified atom stereocenters. The lowest BCUT2D eigenvalue weighted by molar-refractivity contribution is -0.131. The van der Waals surface area contributed by atoms with Gasteiger partial charge in [-0.2, -0.15) is 0 Å². The quantitative estimate of drug-likeness (QED) is 0.797. The molecule has 0 atom stereocenters. The zero-order valence-electron chi connectivity index (χ0n) is 10.2. The van der Waals surface area contributed by atoms with Crippen molar-refractivity contribution in [2.45, 2.75) is 13.3 Å². The summed E-state index contributed by atoms with van der Waals surface area (Å²) in [6.45, 7) is 2.01. The zero-order chi connectivity index (χ0) is 12.8. The molecule has 1 aromatic rings. The standard InChI is InChI=1S/C13H16O4/c1-4-10-11(16-2)7-9(5-6-13(14)15)8-12(10)17-3/h5-8H,4H2,1-3H3,(H,14,15). The van der Waals surface area contributed by atoms with Crippen molar-refractivity contribution in [3.05, 3.63) is 29.3 Å². The summed E-state index contributed by atoms with van der Waals surface area (Å²) in [5.41, 5.74) is 1.71. The van der Waals surface area contributed by atoms with Gasteiger partial charge in [0.25, 0.3) is 0 Å². The molecule has 0 heterocycles. The molecular weight excluding hydrogens is 220 g/mol. The van der Waals surface area contributed by atoms with Crippen LogP contribution >= 0.6 is 0 Å². The zero-order valence-corrected chi connectivity index (χ0v) is 10.2. The number of ether oxygens (including phenoxy) is 2. The largest absolute Gasteiger partial charge is 0.496 e. The van der Waals surface area contributed by atoms with E-state index in [1.807, 2.05) is 6.92 Å². The summed E-state index contributed by atoms with van der Waals surface area (Å²) in [6, 6.07) is 3.58. The number of hydrogen-bond acceptors (Lipinski definition) is 3. The van der Waals surface area contributed by atoms with Gasteiger partial charge in [0, 0.05) is 11.6 Å². The Bertz CT molecular complexity index is 410. The second kappa shape index (κ2) is 5.94. The number of hydrogen-bond donors (Lipinski definition) is 1. The molecule has 0 bridgehead atoms. The highest BCUT2D eigenvalue weighted by Crippen LogP contribution is 2.31. The van der Waals surface area contributed by atoms with Gasteiger partial charge in [-0.1, -0.05) is 6.92 Å². The topological polar surface area (TPSA) is 55.8 Å². The first-order chi connectivity index (χ1) is 8.12. The summed E-state index contributed by atoms with van der Waals surface area (Å²) >= 11 is 0. The molecule has 0 amide bonds. The van der Waals surface area contributed by atoms with Crippen molar-refractivity contribution >= 4 is 12.0 Å². The van der Waals surface area contributed by atoms with Gasteiger partial charge in [-0.25, -0.2) is 4.79 Å². The molecule has 0 aliphatic rings. The van der Waals surface area contributed by atoms with Crippen molar-refractivity contribution < 1.29 is 19.4 Å². The smallest absolute Gasteiger partial charge is 0.328 e. The second-order valence-corrected chi connectivity index (χ2v) is 3.43. The molecule has 0 aliphatic carbocycles. The van der Waals surface area contributed by atoms with Crippen molar-refractivity contribution in [2.75, 3.05) is 14.2 Å². The van der Waals surface area contributed by atoms with E-state index in [-0.39, 0.29) is 0 Å². The summed E-state index contributed by atoms with van der Waals surface area (Å²) in [6.07, 6.45) is 3.38. The molecule has 17 heavy (non-hydrogen) atoms. The van der Waals surface area contributed by atoms with Crippen molar-refractivity contribution in [3.8, 4) is 11.5 Å². The minimum Gasteiger partial charge on any atom is -0.496 e. The normalized spacial score (nSPS) is 10.5. The summed E-state index contributed by atoms with van der Waals surface area (Å²) < 4.78 is 10.5. The van der Waals surface area contributed by atoms with Crippen LogP contribution in [0.25, 0.3) is 6.08 Å². The molecule has 0 spiro atoms. The van der Waals surface area contributed by atoms with Crippen LogP contribution in [0.5, 0.6) is 11.5 Å². The molecule has 0 aliphatic heterocycles. The summed E-state index contributed by atoms with van der Waals surface area (Å²) in [5, 5.41) is 8.58. The van der Waals surface area contributed by atoms with E-state index in [0.29, 0.717) is 11.5 Å². The predicted octanol–water partition coefficient (Wildman–Crippen LogP) is 2.36. The molecule has 92 valence electrons. The van der Waals surface area contributed by atoms with E-state index >= 15 is 0 Å². The van der Waals surface area contributed by atoms with E-state index in [0.717, 1.165) is 23.6 Å². The first-order valence-electron chi connectivity index (χ1n) is 5.28. The fraction of sp³-hybridized carbons (Fsp3) is 0.308. The van der Waals surface area contributed by atoms with Gasteiger partial charge in [0.05, 0.1) is 14.2 Å². The Kier molecular flexibility index (Phi) is 4.57. The Morgan fingerprint density at radius 1 is 1.29 bits per heavy atom. The van der Waals surface area contributed by atoms with Crippen LogP contribution in [0.2, 0.25) is 0 Å². The minimum absolute atomic E-state index is 0.705. The van der Waals surface area contributed by atoms with Gasteiger partial charge < -0.3 is 14.6 Å². The molecule has 4 heteroatoms. The maximum atomic E-state index is 10.5. The molecule has 0 saturated carbocycles. The first-order valence-corrected chi connectivity index (χ1v) is 5.28. The average Bonchev–Trinajstić information content (AvgIpc) is 2.34.